The molecule has 0 aromatic heterocycles. The monoisotopic (exact) mass is 491 g/mol. The molecule has 2 aromatic carbocycles. The lowest BCUT2D eigenvalue weighted by molar-refractivity contribution is -0.136. The highest BCUT2D eigenvalue weighted by Gasteiger charge is 2.41. The molecule has 9 heteroatoms. The second-order valence-electron chi connectivity index (χ2n) is 8.95. The number of benzene rings is 2. The highest BCUT2D eigenvalue weighted by Crippen LogP contribution is 2.31. The Balaban J connectivity index is 1.49. The third-order valence-electron chi connectivity index (χ3n) is 6.67. The van der Waals surface area contributed by atoms with Crippen LogP contribution in [0.25, 0.3) is 0 Å². The summed E-state index contributed by atoms with van der Waals surface area (Å²) in [5.41, 5.74) is 1.78. The zero-order valence-electron chi connectivity index (χ0n) is 19.4. The fraction of sp³-hybridized carbons (Fsp3) is 0.480. The minimum absolute atomic E-state index is 0.0571. The fourth-order valence-corrected chi connectivity index (χ4v) is 6.75. The molecule has 1 atom stereocenters. The maximum absolute atomic E-state index is 13.5. The Morgan fingerprint density at radius 1 is 0.912 bits per heavy atom. The second-order valence-corrected chi connectivity index (χ2v) is 11.0. The summed E-state index contributed by atoms with van der Waals surface area (Å²) in [7, 11) is -3.43. The van der Waals surface area contributed by atoms with Crippen LogP contribution in [0, 0.1) is 11.6 Å². The maximum atomic E-state index is 13.5. The van der Waals surface area contributed by atoms with Gasteiger partial charge in [0.25, 0.3) is 0 Å². The molecule has 0 bridgehead atoms. The van der Waals surface area contributed by atoms with E-state index in [1.54, 1.807) is 29.2 Å². The number of carbonyl (C=O) groups is 1. The summed E-state index contributed by atoms with van der Waals surface area (Å²) in [6, 6.07) is 11.8. The molecule has 2 fully saturated rings. The number of amides is 1. The summed E-state index contributed by atoms with van der Waals surface area (Å²) in [6.45, 7) is 4.29. The zero-order chi connectivity index (χ0) is 24.3. The quantitative estimate of drug-likeness (QED) is 0.596. The molecule has 0 radical (unpaired) electrons. The van der Waals surface area contributed by atoms with Gasteiger partial charge in [0.1, 0.15) is 17.7 Å². The number of carbonyl (C=O) groups excluding carboxylic acids is 1. The minimum atomic E-state index is -3.43. The molecule has 0 spiro atoms. The van der Waals surface area contributed by atoms with E-state index in [1.807, 2.05) is 6.92 Å². The highest BCUT2D eigenvalue weighted by molar-refractivity contribution is 7.89. The number of halogens is 2. The average molecular weight is 492 g/mol. The normalized spacial score (nSPS) is 20.2. The molecule has 2 aromatic rings. The molecule has 184 valence electrons. The van der Waals surface area contributed by atoms with E-state index in [4.69, 9.17) is 0 Å². The third-order valence-corrected chi connectivity index (χ3v) is 8.75. The SMILES string of the molecule is CCCS(=O)(=O)N1CCCC1C(=O)N1CCN(C(c2ccc(F)cc2)c2ccc(F)cc2)CC1. The molecule has 0 saturated carbocycles. The standard InChI is InChI=1S/C25H31F2N3O3S/c1-2-18-34(32,33)30-13-3-4-23(30)25(31)29-16-14-28(15-17-29)24(19-5-9-21(26)10-6-19)20-7-11-22(27)12-8-20/h5-12,23-24H,2-4,13-18H2,1H3. The summed E-state index contributed by atoms with van der Waals surface area (Å²) < 4.78 is 53.7. The summed E-state index contributed by atoms with van der Waals surface area (Å²) >= 11 is 0. The van der Waals surface area contributed by atoms with Gasteiger partial charge in [-0.2, -0.15) is 4.31 Å². The molecule has 2 aliphatic rings. The Morgan fingerprint density at radius 2 is 1.44 bits per heavy atom. The van der Waals surface area contributed by atoms with E-state index in [2.05, 4.69) is 4.90 Å². The maximum Gasteiger partial charge on any atom is 0.241 e. The Kier molecular flexibility index (Phi) is 7.64. The summed E-state index contributed by atoms with van der Waals surface area (Å²) in [5.74, 6) is -0.717. The van der Waals surface area contributed by atoms with Crippen LogP contribution in [-0.4, -0.2) is 72.9 Å². The Bertz CT molecular complexity index is 1040. The topological polar surface area (TPSA) is 60.9 Å². The number of sulfonamides is 1. The van der Waals surface area contributed by atoms with Crippen LogP contribution in [0.1, 0.15) is 43.4 Å². The summed E-state index contributed by atoms with van der Waals surface area (Å²) in [4.78, 5) is 17.2. The van der Waals surface area contributed by atoms with Crippen LogP contribution in [0.4, 0.5) is 8.78 Å². The van der Waals surface area contributed by atoms with Crippen LogP contribution in [0.15, 0.2) is 48.5 Å². The molecule has 6 nitrogen and oxygen atoms in total. The van der Waals surface area contributed by atoms with Gasteiger partial charge in [-0.15, -0.1) is 0 Å². The lowest BCUT2D eigenvalue weighted by Crippen LogP contribution is -2.55. The van der Waals surface area contributed by atoms with E-state index in [-0.39, 0.29) is 29.3 Å². The molecule has 0 N–H and O–H groups in total. The Morgan fingerprint density at radius 3 is 1.94 bits per heavy atom. The average Bonchev–Trinajstić information content (AvgIpc) is 3.33. The van der Waals surface area contributed by atoms with Crippen molar-refractivity contribution in [2.45, 2.75) is 38.3 Å². The second kappa shape index (κ2) is 10.5. The molecule has 34 heavy (non-hydrogen) atoms. The van der Waals surface area contributed by atoms with Crippen molar-refractivity contribution in [1.29, 1.82) is 0 Å². The van der Waals surface area contributed by atoms with Gasteiger partial charge in [0, 0.05) is 32.7 Å². The van der Waals surface area contributed by atoms with Crippen LogP contribution < -0.4 is 0 Å². The van der Waals surface area contributed by atoms with Crippen LogP contribution in [-0.2, 0) is 14.8 Å². The minimum Gasteiger partial charge on any atom is -0.339 e. The van der Waals surface area contributed by atoms with Gasteiger partial charge in [-0.1, -0.05) is 31.2 Å². The van der Waals surface area contributed by atoms with Crippen molar-refractivity contribution in [2.75, 3.05) is 38.5 Å². The largest absolute Gasteiger partial charge is 0.339 e. The van der Waals surface area contributed by atoms with Crippen molar-refractivity contribution < 1.29 is 22.0 Å². The molecular formula is C25H31F2N3O3S. The Labute approximate surface area is 200 Å². The van der Waals surface area contributed by atoms with Gasteiger partial charge in [0.15, 0.2) is 0 Å². The van der Waals surface area contributed by atoms with Crippen molar-refractivity contribution in [3.8, 4) is 0 Å². The summed E-state index contributed by atoms with van der Waals surface area (Å²) in [6.07, 6.45) is 1.76. The van der Waals surface area contributed by atoms with Crippen LogP contribution in [0.3, 0.4) is 0 Å². The van der Waals surface area contributed by atoms with Crippen molar-refractivity contribution >= 4 is 15.9 Å². The zero-order valence-corrected chi connectivity index (χ0v) is 20.2. The molecule has 2 saturated heterocycles. The van der Waals surface area contributed by atoms with E-state index in [0.29, 0.717) is 52.0 Å². The number of hydrogen-bond acceptors (Lipinski definition) is 4. The predicted molar refractivity (Wildman–Crippen MR) is 127 cm³/mol. The van der Waals surface area contributed by atoms with Gasteiger partial charge >= 0.3 is 0 Å². The first-order valence-corrected chi connectivity index (χ1v) is 13.4. The Hall–Kier alpha value is -2.36. The lowest BCUT2D eigenvalue weighted by Gasteiger charge is -2.41. The van der Waals surface area contributed by atoms with Gasteiger partial charge in [0.2, 0.25) is 15.9 Å². The molecule has 1 unspecified atom stereocenters. The van der Waals surface area contributed by atoms with Crippen LogP contribution in [0.5, 0.6) is 0 Å². The van der Waals surface area contributed by atoms with E-state index in [0.717, 1.165) is 11.1 Å². The predicted octanol–water partition coefficient (Wildman–Crippen LogP) is 3.40. The van der Waals surface area contributed by atoms with Gasteiger partial charge < -0.3 is 4.90 Å². The lowest BCUT2D eigenvalue weighted by atomic mass is 9.96. The first kappa shape index (κ1) is 24.8. The molecular weight excluding hydrogens is 460 g/mol. The van der Waals surface area contributed by atoms with E-state index in [9.17, 15) is 22.0 Å². The van der Waals surface area contributed by atoms with Crippen molar-refractivity contribution in [1.82, 2.24) is 14.1 Å². The molecule has 2 heterocycles. The number of hydrogen-bond donors (Lipinski definition) is 0. The highest BCUT2D eigenvalue weighted by atomic mass is 32.2. The molecule has 0 aliphatic carbocycles. The van der Waals surface area contributed by atoms with Crippen LogP contribution in [0.2, 0.25) is 0 Å². The van der Waals surface area contributed by atoms with Gasteiger partial charge in [0.05, 0.1) is 11.8 Å². The molecule has 1 amide bonds. The molecule has 4 rings (SSSR count). The third kappa shape index (κ3) is 5.31. The first-order chi connectivity index (χ1) is 16.3. The smallest absolute Gasteiger partial charge is 0.241 e. The van der Waals surface area contributed by atoms with Crippen molar-refractivity contribution in [3.63, 3.8) is 0 Å². The van der Waals surface area contributed by atoms with Gasteiger partial charge in [-0.25, -0.2) is 17.2 Å². The van der Waals surface area contributed by atoms with E-state index >= 15 is 0 Å². The summed E-state index contributed by atoms with van der Waals surface area (Å²) in [5, 5.41) is 0. The van der Waals surface area contributed by atoms with Gasteiger partial charge in [-0.3, -0.25) is 9.69 Å². The number of nitrogens with zero attached hydrogens (tertiary/aromatic N) is 3. The fourth-order valence-electron chi connectivity index (χ4n) is 5.01. The first-order valence-electron chi connectivity index (χ1n) is 11.8. The van der Waals surface area contributed by atoms with E-state index in [1.165, 1.54) is 28.6 Å². The molecule has 2 aliphatic heterocycles. The van der Waals surface area contributed by atoms with Crippen molar-refractivity contribution in [2.24, 2.45) is 0 Å². The van der Waals surface area contributed by atoms with E-state index < -0.39 is 16.1 Å². The number of rotatable bonds is 7. The number of piperazine rings is 1. The van der Waals surface area contributed by atoms with Crippen molar-refractivity contribution in [3.05, 3.63) is 71.3 Å². The van der Waals surface area contributed by atoms with Gasteiger partial charge in [-0.05, 0) is 54.7 Å². The van der Waals surface area contributed by atoms with Crippen LogP contribution >= 0.6 is 0 Å².